The van der Waals surface area contributed by atoms with Crippen LogP contribution < -0.4 is 10.9 Å². The van der Waals surface area contributed by atoms with Gasteiger partial charge in [0.2, 0.25) is 5.91 Å². The molecule has 5 nitrogen and oxygen atoms in total. The van der Waals surface area contributed by atoms with E-state index in [1.165, 1.54) is 11.8 Å². The number of thiocarbonyl (C=S) groups is 1. The van der Waals surface area contributed by atoms with Crippen LogP contribution in [-0.4, -0.2) is 38.5 Å². The molecule has 1 fully saturated rings. The van der Waals surface area contributed by atoms with Gasteiger partial charge in [0.05, 0.1) is 16.5 Å². The first-order chi connectivity index (χ1) is 13.9. The number of carbonyl (C=O) groups excluding carboxylic acids is 1. The number of benzene rings is 1. The van der Waals surface area contributed by atoms with Crippen molar-refractivity contribution in [3.05, 3.63) is 62.5 Å². The third-order valence-corrected chi connectivity index (χ3v) is 7.36. The van der Waals surface area contributed by atoms with Crippen LogP contribution >= 0.6 is 47.2 Å². The first-order valence-electron chi connectivity index (χ1n) is 9.27. The second-order valence-electron chi connectivity index (χ2n) is 7.33. The number of thioether (sulfide) groups is 1. The monoisotopic (exact) mass is 467 g/mol. The Morgan fingerprint density at radius 1 is 1.21 bits per heavy atom. The number of likely N-dealkylation sites (tertiary alicyclic amines) is 1. The Morgan fingerprint density at radius 2 is 2.03 bits per heavy atom. The predicted molar refractivity (Wildman–Crippen MR) is 123 cm³/mol. The normalized spacial score (nSPS) is 20.1. The van der Waals surface area contributed by atoms with Crippen molar-refractivity contribution in [1.29, 1.82) is 0 Å². The highest BCUT2D eigenvalue weighted by molar-refractivity contribution is 8.23. The Hall–Kier alpha value is -1.54. The van der Waals surface area contributed by atoms with E-state index in [9.17, 15) is 9.59 Å². The molecule has 1 amide bonds. The number of halogens is 2. The SMILES string of the molecule is O=C(CSC(=S)N1C[C@@H]2C[C@H](C1)c1cccc(=O)n1C2)Nc1cc(Cl)ccc1Cl. The van der Waals surface area contributed by atoms with Crippen LogP contribution in [0.5, 0.6) is 0 Å². The number of hydrogen-bond acceptors (Lipinski definition) is 4. The Balaban J connectivity index is 1.36. The van der Waals surface area contributed by atoms with Gasteiger partial charge < -0.3 is 14.8 Å². The van der Waals surface area contributed by atoms with E-state index >= 15 is 0 Å². The van der Waals surface area contributed by atoms with Crippen molar-refractivity contribution in [2.75, 3.05) is 24.2 Å². The van der Waals surface area contributed by atoms with Crippen molar-refractivity contribution < 1.29 is 4.79 Å². The summed E-state index contributed by atoms with van der Waals surface area (Å²) in [5, 5.41) is 3.72. The van der Waals surface area contributed by atoms with Crippen LogP contribution in [0.1, 0.15) is 18.0 Å². The lowest BCUT2D eigenvalue weighted by Crippen LogP contribution is -2.48. The summed E-state index contributed by atoms with van der Waals surface area (Å²) in [5.41, 5.74) is 1.64. The van der Waals surface area contributed by atoms with E-state index in [4.69, 9.17) is 35.4 Å². The molecule has 2 bridgehead atoms. The van der Waals surface area contributed by atoms with Gasteiger partial charge in [-0.05, 0) is 36.6 Å². The number of pyridine rings is 1. The van der Waals surface area contributed by atoms with Gasteiger partial charge in [0, 0.05) is 42.3 Å². The number of fused-ring (bicyclic) bond motifs is 4. The fourth-order valence-corrected chi connectivity index (χ4v) is 5.36. The second kappa shape index (κ2) is 8.68. The van der Waals surface area contributed by atoms with Crippen LogP contribution in [0.4, 0.5) is 5.69 Å². The number of anilines is 1. The zero-order valence-electron chi connectivity index (χ0n) is 15.4. The van der Waals surface area contributed by atoms with Crippen LogP contribution in [0.25, 0.3) is 0 Å². The van der Waals surface area contributed by atoms with Gasteiger partial charge in [-0.15, -0.1) is 0 Å². The molecule has 29 heavy (non-hydrogen) atoms. The highest BCUT2D eigenvalue weighted by Gasteiger charge is 2.35. The van der Waals surface area contributed by atoms with E-state index in [0.29, 0.717) is 26.0 Å². The molecule has 2 aliphatic rings. The summed E-state index contributed by atoms with van der Waals surface area (Å²) >= 11 is 19.0. The molecule has 152 valence electrons. The van der Waals surface area contributed by atoms with Gasteiger partial charge in [0.15, 0.2) is 0 Å². The molecule has 0 saturated carbocycles. The van der Waals surface area contributed by atoms with Gasteiger partial charge in [-0.2, -0.15) is 0 Å². The number of amides is 1. The highest BCUT2D eigenvalue weighted by atomic mass is 35.5. The number of nitrogens with one attached hydrogen (secondary N) is 1. The molecule has 0 unspecified atom stereocenters. The minimum Gasteiger partial charge on any atom is -0.356 e. The molecule has 2 aliphatic heterocycles. The highest BCUT2D eigenvalue weighted by Crippen LogP contribution is 2.36. The quantitative estimate of drug-likeness (QED) is 0.684. The first-order valence-corrected chi connectivity index (χ1v) is 11.4. The third kappa shape index (κ3) is 4.63. The van der Waals surface area contributed by atoms with Crippen LogP contribution in [0.15, 0.2) is 41.2 Å². The minimum absolute atomic E-state index is 0.0685. The van der Waals surface area contributed by atoms with E-state index in [2.05, 4.69) is 10.2 Å². The summed E-state index contributed by atoms with van der Waals surface area (Å²) in [6.07, 6.45) is 1.07. The molecule has 9 heteroatoms. The van der Waals surface area contributed by atoms with E-state index in [-0.39, 0.29) is 23.1 Å². The molecule has 0 aliphatic carbocycles. The van der Waals surface area contributed by atoms with Gasteiger partial charge in [-0.25, -0.2) is 0 Å². The summed E-state index contributed by atoms with van der Waals surface area (Å²) in [7, 11) is 0. The molecule has 2 aromatic rings. The Bertz CT molecular complexity index is 1030. The molecule has 1 saturated heterocycles. The van der Waals surface area contributed by atoms with E-state index in [1.54, 1.807) is 24.3 Å². The summed E-state index contributed by atoms with van der Waals surface area (Å²) in [6, 6.07) is 10.4. The van der Waals surface area contributed by atoms with Crippen LogP contribution in [0.2, 0.25) is 10.0 Å². The fraction of sp³-hybridized carbons (Fsp3) is 0.350. The largest absolute Gasteiger partial charge is 0.356 e. The van der Waals surface area contributed by atoms with Crippen molar-refractivity contribution in [3.63, 3.8) is 0 Å². The molecular weight excluding hydrogens is 449 g/mol. The summed E-state index contributed by atoms with van der Waals surface area (Å²) in [4.78, 5) is 26.6. The molecular formula is C20H19Cl2N3O2S2. The molecule has 1 N–H and O–H groups in total. The standard InChI is InChI=1S/C20H19Cl2N3O2S2/c21-14-4-5-15(22)16(7-14)23-18(26)11-29-20(28)24-8-12-6-13(10-24)17-2-1-3-19(27)25(17)9-12/h1-5,7,12-13H,6,8-11H2,(H,23,26)/t12-,13+/m0/s1. The maximum absolute atomic E-state index is 12.3. The van der Waals surface area contributed by atoms with Crippen molar-refractivity contribution in [1.82, 2.24) is 9.47 Å². The minimum atomic E-state index is -0.185. The summed E-state index contributed by atoms with van der Waals surface area (Å²) < 4.78 is 2.60. The molecule has 1 aromatic heterocycles. The molecule has 1 aromatic carbocycles. The maximum atomic E-state index is 12.3. The second-order valence-corrected chi connectivity index (χ2v) is 9.78. The molecule has 0 radical (unpaired) electrons. The molecule has 4 rings (SSSR count). The Morgan fingerprint density at radius 3 is 2.86 bits per heavy atom. The average molecular weight is 468 g/mol. The van der Waals surface area contributed by atoms with Crippen molar-refractivity contribution in [3.8, 4) is 0 Å². The number of piperidine rings is 1. The lowest BCUT2D eigenvalue weighted by atomic mass is 9.83. The van der Waals surface area contributed by atoms with E-state index in [1.807, 2.05) is 16.7 Å². The summed E-state index contributed by atoms with van der Waals surface area (Å²) in [5.74, 6) is 0.687. The van der Waals surface area contributed by atoms with Crippen LogP contribution in [0.3, 0.4) is 0 Å². The number of carbonyl (C=O) groups is 1. The molecule has 3 heterocycles. The molecule has 0 spiro atoms. The van der Waals surface area contributed by atoms with Gasteiger partial charge in [0.25, 0.3) is 5.56 Å². The maximum Gasteiger partial charge on any atom is 0.250 e. The van der Waals surface area contributed by atoms with Crippen LogP contribution in [0, 0.1) is 5.92 Å². The lowest BCUT2D eigenvalue weighted by molar-refractivity contribution is -0.113. The molecule has 2 atom stereocenters. The van der Waals surface area contributed by atoms with E-state index < -0.39 is 0 Å². The van der Waals surface area contributed by atoms with Gasteiger partial charge >= 0.3 is 0 Å². The van der Waals surface area contributed by atoms with Gasteiger partial charge in [0.1, 0.15) is 4.32 Å². The number of aromatic nitrogens is 1. The number of rotatable bonds is 3. The Labute approximate surface area is 188 Å². The zero-order valence-corrected chi connectivity index (χ0v) is 18.6. The van der Waals surface area contributed by atoms with Crippen LogP contribution in [-0.2, 0) is 11.3 Å². The number of nitrogens with zero attached hydrogens (tertiary/aromatic N) is 2. The average Bonchev–Trinajstić information content (AvgIpc) is 2.69. The Kier molecular flexibility index (Phi) is 6.20. The first kappa shape index (κ1) is 20.7. The smallest absolute Gasteiger partial charge is 0.250 e. The summed E-state index contributed by atoms with van der Waals surface area (Å²) in [6.45, 7) is 2.31. The van der Waals surface area contributed by atoms with Gasteiger partial charge in [-0.3, -0.25) is 9.59 Å². The topological polar surface area (TPSA) is 54.3 Å². The van der Waals surface area contributed by atoms with E-state index in [0.717, 1.165) is 31.7 Å². The predicted octanol–water partition coefficient (Wildman–Crippen LogP) is 4.23. The lowest BCUT2D eigenvalue weighted by Gasteiger charge is -2.43. The third-order valence-electron chi connectivity index (χ3n) is 5.27. The number of hydrogen-bond donors (Lipinski definition) is 1. The van der Waals surface area contributed by atoms with Crippen molar-refractivity contribution in [2.24, 2.45) is 5.92 Å². The zero-order chi connectivity index (χ0) is 20.5. The van der Waals surface area contributed by atoms with Crippen molar-refractivity contribution in [2.45, 2.75) is 18.9 Å². The van der Waals surface area contributed by atoms with Gasteiger partial charge in [-0.1, -0.05) is 53.2 Å². The fourth-order valence-electron chi connectivity index (χ4n) is 4.04. The van der Waals surface area contributed by atoms with Crippen molar-refractivity contribution >= 4 is 63.1 Å².